The van der Waals surface area contributed by atoms with Crippen LogP contribution >= 0.6 is 34.8 Å². The summed E-state index contributed by atoms with van der Waals surface area (Å²) in [6.07, 6.45) is 0. The lowest BCUT2D eigenvalue weighted by Crippen LogP contribution is -2.30. The molecule has 0 unspecified atom stereocenters. The Labute approximate surface area is 167 Å². The SMILES string of the molecule is CCN(CC)S(=O)(=O)c1cc(NC(=O)c2cccc(Cl)c2Cl)ccc1Cl. The lowest BCUT2D eigenvalue weighted by Gasteiger charge is -2.19. The van der Waals surface area contributed by atoms with Crippen LogP contribution in [0.3, 0.4) is 0 Å². The number of anilines is 1. The average molecular weight is 436 g/mol. The highest BCUT2D eigenvalue weighted by atomic mass is 35.5. The number of halogens is 3. The number of nitrogens with zero attached hydrogens (tertiary/aromatic N) is 1. The van der Waals surface area contributed by atoms with Crippen molar-refractivity contribution in [3.63, 3.8) is 0 Å². The molecule has 0 heterocycles. The molecule has 26 heavy (non-hydrogen) atoms. The summed E-state index contributed by atoms with van der Waals surface area (Å²) in [5, 5.41) is 3.07. The summed E-state index contributed by atoms with van der Waals surface area (Å²) in [5.41, 5.74) is 0.462. The number of sulfonamides is 1. The van der Waals surface area contributed by atoms with Crippen LogP contribution in [0.5, 0.6) is 0 Å². The minimum absolute atomic E-state index is 0.0714. The molecule has 0 aromatic heterocycles. The Morgan fingerprint density at radius 3 is 2.31 bits per heavy atom. The molecule has 0 aliphatic carbocycles. The zero-order valence-electron chi connectivity index (χ0n) is 14.1. The third-order valence-electron chi connectivity index (χ3n) is 3.71. The van der Waals surface area contributed by atoms with E-state index in [0.29, 0.717) is 13.1 Å². The third kappa shape index (κ3) is 4.32. The van der Waals surface area contributed by atoms with E-state index in [1.807, 2.05) is 0 Å². The molecule has 2 rings (SSSR count). The van der Waals surface area contributed by atoms with Gasteiger partial charge in [0.1, 0.15) is 4.90 Å². The Morgan fingerprint density at radius 1 is 1.04 bits per heavy atom. The molecule has 0 aliphatic heterocycles. The molecule has 0 fully saturated rings. The summed E-state index contributed by atoms with van der Waals surface area (Å²) in [6, 6.07) is 8.95. The number of rotatable bonds is 6. The highest BCUT2D eigenvalue weighted by Gasteiger charge is 2.25. The van der Waals surface area contributed by atoms with E-state index in [4.69, 9.17) is 34.8 Å². The van der Waals surface area contributed by atoms with Crippen LogP contribution < -0.4 is 5.32 Å². The first-order chi connectivity index (χ1) is 12.2. The molecular formula is C17H17Cl3N2O3S. The zero-order valence-corrected chi connectivity index (χ0v) is 17.2. The van der Waals surface area contributed by atoms with E-state index in [2.05, 4.69) is 5.32 Å². The van der Waals surface area contributed by atoms with E-state index in [9.17, 15) is 13.2 Å². The van der Waals surface area contributed by atoms with Crippen molar-refractivity contribution in [2.24, 2.45) is 0 Å². The van der Waals surface area contributed by atoms with Gasteiger partial charge in [-0.15, -0.1) is 0 Å². The van der Waals surface area contributed by atoms with Gasteiger partial charge in [0, 0.05) is 18.8 Å². The normalized spacial score (nSPS) is 11.6. The van der Waals surface area contributed by atoms with Gasteiger partial charge in [-0.1, -0.05) is 54.7 Å². The first-order valence-electron chi connectivity index (χ1n) is 7.77. The smallest absolute Gasteiger partial charge is 0.257 e. The molecule has 0 saturated carbocycles. The summed E-state index contributed by atoms with van der Waals surface area (Å²) >= 11 is 18.0. The van der Waals surface area contributed by atoms with Crippen LogP contribution in [-0.2, 0) is 10.0 Å². The van der Waals surface area contributed by atoms with Gasteiger partial charge in [0.2, 0.25) is 10.0 Å². The lowest BCUT2D eigenvalue weighted by molar-refractivity contribution is 0.102. The first kappa shape index (κ1) is 21.0. The minimum Gasteiger partial charge on any atom is -0.322 e. The van der Waals surface area contributed by atoms with Gasteiger partial charge < -0.3 is 5.32 Å². The van der Waals surface area contributed by atoms with Gasteiger partial charge in [-0.2, -0.15) is 4.31 Å². The van der Waals surface area contributed by atoms with Gasteiger partial charge in [-0.3, -0.25) is 4.79 Å². The van der Waals surface area contributed by atoms with Gasteiger partial charge >= 0.3 is 0 Å². The second kappa shape index (κ2) is 8.59. The molecule has 0 spiro atoms. The largest absolute Gasteiger partial charge is 0.322 e. The highest BCUT2D eigenvalue weighted by molar-refractivity contribution is 7.89. The summed E-state index contributed by atoms with van der Waals surface area (Å²) in [5.74, 6) is -0.508. The molecule has 140 valence electrons. The van der Waals surface area contributed by atoms with Crippen molar-refractivity contribution in [3.8, 4) is 0 Å². The number of amides is 1. The molecule has 2 aromatic carbocycles. The fourth-order valence-electron chi connectivity index (χ4n) is 2.36. The maximum atomic E-state index is 12.7. The molecule has 0 radical (unpaired) electrons. The Bertz CT molecular complexity index is 929. The van der Waals surface area contributed by atoms with E-state index in [1.54, 1.807) is 26.0 Å². The van der Waals surface area contributed by atoms with E-state index in [-0.39, 0.29) is 31.2 Å². The van der Waals surface area contributed by atoms with Crippen molar-refractivity contribution >= 4 is 56.4 Å². The average Bonchev–Trinajstić information content (AvgIpc) is 2.59. The van der Waals surface area contributed by atoms with Crippen molar-refractivity contribution in [2.45, 2.75) is 18.7 Å². The van der Waals surface area contributed by atoms with Gasteiger partial charge in [0.15, 0.2) is 0 Å². The summed E-state index contributed by atoms with van der Waals surface area (Å²) in [7, 11) is -3.77. The summed E-state index contributed by atoms with van der Waals surface area (Å²) < 4.78 is 26.7. The maximum Gasteiger partial charge on any atom is 0.257 e. The predicted molar refractivity (Wildman–Crippen MR) is 106 cm³/mol. The van der Waals surface area contributed by atoms with Gasteiger partial charge in [-0.25, -0.2) is 8.42 Å². The van der Waals surface area contributed by atoms with Gasteiger partial charge in [-0.05, 0) is 30.3 Å². The highest BCUT2D eigenvalue weighted by Crippen LogP contribution is 2.29. The summed E-state index contributed by atoms with van der Waals surface area (Å²) in [4.78, 5) is 12.4. The van der Waals surface area contributed by atoms with Crippen LogP contribution in [0.25, 0.3) is 0 Å². The summed E-state index contributed by atoms with van der Waals surface area (Å²) in [6.45, 7) is 4.09. The molecule has 0 saturated heterocycles. The number of nitrogens with one attached hydrogen (secondary N) is 1. The number of carbonyl (C=O) groups is 1. The molecule has 1 amide bonds. The Morgan fingerprint density at radius 2 is 1.69 bits per heavy atom. The van der Waals surface area contributed by atoms with Crippen molar-refractivity contribution in [1.82, 2.24) is 4.31 Å². The fourth-order valence-corrected chi connectivity index (χ4v) is 4.70. The number of carbonyl (C=O) groups excluding carboxylic acids is 1. The molecule has 9 heteroatoms. The standard InChI is InChI=1S/C17H17Cl3N2O3S/c1-3-22(4-2)26(24,25)15-10-11(8-9-13(15)18)21-17(23)12-6-5-7-14(19)16(12)20/h5-10H,3-4H2,1-2H3,(H,21,23). The van der Waals surface area contributed by atoms with Crippen LogP contribution in [0.1, 0.15) is 24.2 Å². The molecule has 1 N–H and O–H groups in total. The predicted octanol–water partition coefficient (Wildman–Crippen LogP) is 4.93. The van der Waals surface area contributed by atoms with Crippen LogP contribution in [0, 0.1) is 0 Å². The minimum atomic E-state index is -3.77. The number of hydrogen-bond acceptors (Lipinski definition) is 3. The molecule has 2 aromatic rings. The third-order valence-corrected chi connectivity index (χ3v) is 7.06. The molecule has 5 nitrogen and oxygen atoms in total. The van der Waals surface area contributed by atoms with E-state index >= 15 is 0 Å². The topological polar surface area (TPSA) is 66.5 Å². The Kier molecular flexibility index (Phi) is 6.93. The molecular weight excluding hydrogens is 419 g/mol. The van der Waals surface area contributed by atoms with E-state index < -0.39 is 15.9 Å². The quantitative estimate of drug-likeness (QED) is 0.699. The van der Waals surface area contributed by atoms with Crippen LogP contribution in [0.15, 0.2) is 41.3 Å². The van der Waals surface area contributed by atoms with Gasteiger partial charge in [0.25, 0.3) is 5.91 Å². The lowest BCUT2D eigenvalue weighted by atomic mass is 10.2. The van der Waals surface area contributed by atoms with Crippen molar-refractivity contribution in [3.05, 3.63) is 57.0 Å². The van der Waals surface area contributed by atoms with Crippen molar-refractivity contribution < 1.29 is 13.2 Å². The molecule has 0 atom stereocenters. The Hall–Kier alpha value is -1.31. The van der Waals surface area contributed by atoms with Crippen LogP contribution in [0.2, 0.25) is 15.1 Å². The monoisotopic (exact) mass is 434 g/mol. The number of benzene rings is 2. The molecule has 0 bridgehead atoms. The van der Waals surface area contributed by atoms with E-state index in [1.165, 1.54) is 28.6 Å². The number of hydrogen-bond donors (Lipinski definition) is 1. The first-order valence-corrected chi connectivity index (χ1v) is 10.3. The van der Waals surface area contributed by atoms with Crippen LogP contribution in [-0.4, -0.2) is 31.7 Å². The van der Waals surface area contributed by atoms with Crippen molar-refractivity contribution in [1.29, 1.82) is 0 Å². The fraction of sp³-hybridized carbons (Fsp3) is 0.235. The van der Waals surface area contributed by atoms with Crippen molar-refractivity contribution in [2.75, 3.05) is 18.4 Å². The molecule has 0 aliphatic rings. The second-order valence-electron chi connectivity index (χ2n) is 5.29. The Balaban J connectivity index is 2.38. The maximum absolute atomic E-state index is 12.7. The van der Waals surface area contributed by atoms with E-state index in [0.717, 1.165) is 0 Å². The van der Waals surface area contributed by atoms with Gasteiger partial charge in [0.05, 0.1) is 20.6 Å². The van der Waals surface area contributed by atoms with Crippen LogP contribution in [0.4, 0.5) is 5.69 Å². The zero-order chi connectivity index (χ0) is 19.5. The second-order valence-corrected chi connectivity index (χ2v) is 8.39.